The molecular formula is C22H20FN7O. The van der Waals surface area contributed by atoms with Crippen LogP contribution in [-0.2, 0) is 0 Å². The number of pyridine rings is 1. The number of fused-ring (bicyclic) bond motifs is 1. The zero-order valence-electron chi connectivity index (χ0n) is 17.0. The fourth-order valence-electron chi connectivity index (χ4n) is 3.38. The summed E-state index contributed by atoms with van der Waals surface area (Å²) < 4.78 is 14.6. The van der Waals surface area contributed by atoms with E-state index >= 15 is 0 Å². The molecule has 1 aromatic carbocycles. The first-order chi connectivity index (χ1) is 15.1. The molecule has 4 aromatic rings. The normalized spacial score (nSPS) is 11.8. The van der Waals surface area contributed by atoms with Crippen molar-refractivity contribution in [1.82, 2.24) is 30.2 Å². The first-order valence-corrected chi connectivity index (χ1v) is 9.69. The minimum atomic E-state index is -0.476. The van der Waals surface area contributed by atoms with Crippen LogP contribution in [0.4, 0.5) is 10.2 Å². The van der Waals surface area contributed by atoms with Gasteiger partial charge in [0.05, 0.1) is 16.8 Å². The molecule has 31 heavy (non-hydrogen) atoms. The molecule has 4 rings (SSSR count). The summed E-state index contributed by atoms with van der Waals surface area (Å²) >= 11 is 0. The first-order valence-electron chi connectivity index (χ1n) is 9.69. The zero-order chi connectivity index (χ0) is 21.8. The van der Waals surface area contributed by atoms with E-state index in [-0.39, 0.29) is 22.8 Å². The van der Waals surface area contributed by atoms with Gasteiger partial charge in [-0.2, -0.15) is 0 Å². The zero-order valence-corrected chi connectivity index (χ0v) is 17.0. The van der Waals surface area contributed by atoms with Crippen molar-refractivity contribution in [2.24, 2.45) is 0 Å². The molecule has 0 spiro atoms. The molecule has 0 saturated heterocycles. The molecule has 2 N–H and O–H groups in total. The molecule has 0 fully saturated rings. The molecule has 3 heterocycles. The lowest BCUT2D eigenvalue weighted by atomic mass is 9.95. The van der Waals surface area contributed by atoms with Crippen LogP contribution in [0.25, 0.3) is 22.2 Å². The van der Waals surface area contributed by atoms with Crippen LogP contribution in [0.5, 0.6) is 0 Å². The lowest BCUT2D eigenvalue weighted by molar-refractivity contribution is 0.0964. The van der Waals surface area contributed by atoms with E-state index in [0.29, 0.717) is 23.6 Å². The topological polar surface area (TPSA) is 106 Å². The van der Waals surface area contributed by atoms with E-state index in [1.54, 1.807) is 18.5 Å². The van der Waals surface area contributed by atoms with Gasteiger partial charge in [-0.1, -0.05) is 13.0 Å². The van der Waals surface area contributed by atoms with E-state index in [9.17, 15) is 9.18 Å². The van der Waals surface area contributed by atoms with Crippen LogP contribution in [0.3, 0.4) is 0 Å². The molecule has 0 unspecified atom stereocenters. The van der Waals surface area contributed by atoms with Gasteiger partial charge >= 0.3 is 0 Å². The highest BCUT2D eigenvalue weighted by molar-refractivity contribution is 6.06. The molecule has 0 aliphatic heterocycles. The fraction of sp³-hybridized carbons (Fsp3) is 0.182. The summed E-state index contributed by atoms with van der Waals surface area (Å²) in [5.74, 6) is -0.219. The number of halogens is 1. The highest BCUT2D eigenvalue weighted by Gasteiger charge is 2.18. The summed E-state index contributed by atoms with van der Waals surface area (Å²) in [4.78, 5) is 33.1. The lowest BCUT2D eigenvalue weighted by Gasteiger charge is -2.17. The monoisotopic (exact) mass is 417 g/mol. The molecule has 3 aromatic heterocycles. The van der Waals surface area contributed by atoms with Crippen molar-refractivity contribution < 1.29 is 9.18 Å². The van der Waals surface area contributed by atoms with Gasteiger partial charge in [0, 0.05) is 55.1 Å². The highest BCUT2D eigenvalue weighted by Crippen LogP contribution is 2.29. The minimum Gasteiger partial charge on any atom is -0.369 e. The summed E-state index contributed by atoms with van der Waals surface area (Å²) in [7, 11) is 1.51. The second kappa shape index (κ2) is 8.78. The van der Waals surface area contributed by atoms with Crippen molar-refractivity contribution in [3.63, 3.8) is 0 Å². The van der Waals surface area contributed by atoms with Crippen LogP contribution in [0.15, 0.2) is 55.5 Å². The molecule has 9 heteroatoms. The summed E-state index contributed by atoms with van der Waals surface area (Å²) in [6.07, 6.45) is 7.82. The summed E-state index contributed by atoms with van der Waals surface area (Å²) in [6.45, 7) is 2.52. The van der Waals surface area contributed by atoms with Gasteiger partial charge in [-0.3, -0.25) is 9.78 Å². The number of hydrogen-bond donors (Lipinski definition) is 2. The van der Waals surface area contributed by atoms with Crippen LogP contribution in [-0.4, -0.2) is 44.4 Å². The maximum atomic E-state index is 14.6. The number of hydrogen-bond acceptors (Lipinski definition) is 7. The number of anilines is 1. The predicted molar refractivity (Wildman–Crippen MR) is 115 cm³/mol. The average Bonchev–Trinajstić information content (AvgIpc) is 2.82. The summed E-state index contributed by atoms with van der Waals surface area (Å²) in [6, 6.07) is 6.42. The average molecular weight is 417 g/mol. The van der Waals surface area contributed by atoms with Gasteiger partial charge in [0.2, 0.25) is 0 Å². The number of rotatable bonds is 6. The third-order valence-electron chi connectivity index (χ3n) is 4.99. The maximum absolute atomic E-state index is 14.6. The maximum Gasteiger partial charge on any atom is 0.251 e. The predicted octanol–water partition coefficient (Wildman–Crippen LogP) is 3.20. The van der Waals surface area contributed by atoms with Crippen molar-refractivity contribution >= 4 is 22.6 Å². The van der Waals surface area contributed by atoms with E-state index in [1.807, 2.05) is 13.0 Å². The molecule has 0 aliphatic rings. The van der Waals surface area contributed by atoms with E-state index in [2.05, 4.69) is 35.6 Å². The molecule has 0 saturated carbocycles. The van der Waals surface area contributed by atoms with Crippen LogP contribution in [0.1, 0.15) is 28.8 Å². The van der Waals surface area contributed by atoms with E-state index < -0.39 is 5.82 Å². The fourth-order valence-corrected chi connectivity index (χ4v) is 3.38. The molecule has 0 bridgehead atoms. The Labute approximate surface area is 178 Å². The van der Waals surface area contributed by atoms with Crippen LogP contribution in [0.2, 0.25) is 0 Å². The Morgan fingerprint density at radius 1 is 1.10 bits per heavy atom. The largest absolute Gasteiger partial charge is 0.369 e. The Morgan fingerprint density at radius 3 is 2.68 bits per heavy atom. The van der Waals surface area contributed by atoms with Crippen molar-refractivity contribution in [3.05, 3.63) is 72.5 Å². The van der Waals surface area contributed by atoms with Gasteiger partial charge in [0.25, 0.3) is 5.91 Å². The Hall–Kier alpha value is -4.01. The number of nitrogens with zero attached hydrogens (tertiary/aromatic N) is 5. The van der Waals surface area contributed by atoms with Gasteiger partial charge in [-0.15, -0.1) is 0 Å². The van der Waals surface area contributed by atoms with E-state index in [1.165, 1.54) is 38.0 Å². The van der Waals surface area contributed by atoms with E-state index in [4.69, 9.17) is 0 Å². The Kier molecular flexibility index (Phi) is 5.74. The molecular weight excluding hydrogens is 397 g/mol. The molecule has 0 aliphatic carbocycles. The molecule has 1 atom stereocenters. The molecule has 1 amide bonds. The molecule has 156 valence electrons. The van der Waals surface area contributed by atoms with Gasteiger partial charge < -0.3 is 10.6 Å². The lowest BCUT2D eigenvalue weighted by Crippen LogP contribution is -2.19. The van der Waals surface area contributed by atoms with Gasteiger partial charge in [0.1, 0.15) is 24.3 Å². The number of benzene rings is 1. The van der Waals surface area contributed by atoms with Crippen molar-refractivity contribution in [1.29, 1.82) is 0 Å². The SMILES string of the molecule is CNC(=O)c1ccnc2c([C@H](C)CNc3cc(-c4cncnc4)ncn3)ccc(F)c12. The van der Waals surface area contributed by atoms with Gasteiger partial charge in [-0.25, -0.2) is 24.3 Å². The quantitative estimate of drug-likeness (QED) is 0.496. The van der Waals surface area contributed by atoms with Crippen molar-refractivity contribution in [3.8, 4) is 11.3 Å². The Bertz CT molecular complexity index is 1230. The molecule has 0 radical (unpaired) electrons. The number of amides is 1. The summed E-state index contributed by atoms with van der Waals surface area (Å²) in [5.41, 5.74) is 3.06. The Balaban J connectivity index is 1.59. The number of carbonyl (C=O) groups is 1. The van der Waals surface area contributed by atoms with Crippen LogP contribution in [0, 0.1) is 5.82 Å². The molecule has 8 nitrogen and oxygen atoms in total. The third kappa shape index (κ3) is 4.16. The van der Waals surface area contributed by atoms with Gasteiger partial charge in [0.15, 0.2) is 0 Å². The second-order valence-corrected chi connectivity index (χ2v) is 7.00. The second-order valence-electron chi connectivity index (χ2n) is 7.00. The van der Waals surface area contributed by atoms with Crippen molar-refractivity contribution in [2.45, 2.75) is 12.8 Å². The van der Waals surface area contributed by atoms with Gasteiger partial charge in [-0.05, 0) is 17.7 Å². The van der Waals surface area contributed by atoms with E-state index in [0.717, 1.165) is 11.1 Å². The smallest absolute Gasteiger partial charge is 0.251 e. The van der Waals surface area contributed by atoms with Crippen LogP contribution < -0.4 is 10.6 Å². The first kappa shape index (κ1) is 20.3. The third-order valence-corrected chi connectivity index (χ3v) is 4.99. The number of aromatic nitrogens is 5. The number of carbonyl (C=O) groups excluding carboxylic acids is 1. The van der Waals surface area contributed by atoms with Crippen molar-refractivity contribution in [2.75, 3.05) is 18.9 Å². The minimum absolute atomic E-state index is 0.0333. The summed E-state index contributed by atoms with van der Waals surface area (Å²) in [5, 5.41) is 6.06. The number of nitrogens with one attached hydrogen (secondary N) is 2. The Morgan fingerprint density at radius 2 is 1.90 bits per heavy atom. The standard InChI is InChI=1S/C22H20FN7O/c1-13(8-28-19-7-18(29-12-30-19)14-9-25-11-26-10-14)15-3-4-17(23)20-16(22(31)24-2)5-6-27-21(15)20/h3-7,9-13H,8H2,1-2H3,(H,24,31)(H,28,29,30)/t13-/m1/s1. The highest BCUT2D eigenvalue weighted by atomic mass is 19.1. The van der Waals surface area contributed by atoms with Crippen LogP contribution >= 0.6 is 0 Å².